The predicted molar refractivity (Wildman–Crippen MR) is 55.8 cm³/mol. The molecule has 3 heteroatoms. The van der Waals surface area contributed by atoms with Crippen molar-refractivity contribution in [2.45, 2.75) is 38.4 Å². The minimum Gasteiger partial charge on any atom is -0.511 e. The fourth-order valence-electron chi connectivity index (χ4n) is 1.59. The van der Waals surface area contributed by atoms with Gasteiger partial charge in [-0.2, -0.15) is 0 Å². The van der Waals surface area contributed by atoms with E-state index >= 15 is 0 Å². The summed E-state index contributed by atoms with van der Waals surface area (Å²) in [7, 11) is 0. The average molecular weight is 200 g/mol. The Morgan fingerprint density at radius 2 is 2.38 bits per heavy atom. The molecule has 2 nitrogen and oxygen atoms in total. The average Bonchev–Trinajstić information content (AvgIpc) is 2.30. The van der Waals surface area contributed by atoms with Crippen LogP contribution in [0.4, 0.5) is 0 Å². The van der Waals surface area contributed by atoms with Crippen LogP contribution in [0.3, 0.4) is 0 Å². The molecule has 0 radical (unpaired) electrons. The quantitative estimate of drug-likeness (QED) is 0.758. The van der Waals surface area contributed by atoms with Gasteiger partial charge in [0.25, 0.3) is 0 Å². The second kappa shape index (κ2) is 4.70. The SMILES string of the molecule is CCCC(C)CC1SC(=O)C=C1O. The van der Waals surface area contributed by atoms with Gasteiger partial charge in [-0.3, -0.25) is 4.79 Å². The van der Waals surface area contributed by atoms with Gasteiger partial charge in [0.15, 0.2) is 0 Å². The number of carbonyl (C=O) groups is 1. The molecular weight excluding hydrogens is 184 g/mol. The van der Waals surface area contributed by atoms with Crippen molar-refractivity contribution in [3.05, 3.63) is 11.8 Å². The molecule has 13 heavy (non-hydrogen) atoms. The van der Waals surface area contributed by atoms with E-state index in [1.54, 1.807) is 0 Å². The third-order valence-electron chi connectivity index (χ3n) is 2.25. The molecule has 2 unspecified atom stereocenters. The van der Waals surface area contributed by atoms with Crippen LogP contribution in [-0.4, -0.2) is 15.5 Å². The Morgan fingerprint density at radius 1 is 1.69 bits per heavy atom. The Labute approximate surface area is 83.4 Å². The van der Waals surface area contributed by atoms with Gasteiger partial charge in [0.1, 0.15) is 5.76 Å². The molecule has 1 aliphatic heterocycles. The van der Waals surface area contributed by atoms with Crippen molar-refractivity contribution in [2.24, 2.45) is 5.92 Å². The Kier molecular flexibility index (Phi) is 3.85. The van der Waals surface area contributed by atoms with Crippen molar-refractivity contribution in [2.75, 3.05) is 0 Å². The Hall–Kier alpha value is -0.440. The zero-order chi connectivity index (χ0) is 9.84. The van der Waals surface area contributed by atoms with Crippen LogP contribution in [-0.2, 0) is 4.79 Å². The van der Waals surface area contributed by atoms with E-state index in [4.69, 9.17) is 0 Å². The molecule has 0 aromatic rings. The van der Waals surface area contributed by atoms with Gasteiger partial charge in [-0.1, -0.05) is 38.5 Å². The smallest absolute Gasteiger partial charge is 0.216 e. The van der Waals surface area contributed by atoms with Crippen molar-refractivity contribution in [1.82, 2.24) is 0 Å². The van der Waals surface area contributed by atoms with Gasteiger partial charge >= 0.3 is 0 Å². The fraction of sp³-hybridized carbons (Fsp3) is 0.700. The van der Waals surface area contributed by atoms with Crippen molar-refractivity contribution < 1.29 is 9.90 Å². The number of carbonyl (C=O) groups excluding carboxylic acids is 1. The first-order chi connectivity index (χ1) is 6.13. The van der Waals surface area contributed by atoms with Crippen molar-refractivity contribution >= 4 is 16.9 Å². The van der Waals surface area contributed by atoms with Crippen LogP contribution in [0.1, 0.15) is 33.1 Å². The Morgan fingerprint density at radius 3 is 2.85 bits per heavy atom. The van der Waals surface area contributed by atoms with Gasteiger partial charge in [-0.25, -0.2) is 0 Å². The van der Waals surface area contributed by atoms with E-state index in [2.05, 4.69) is 13.8 Å². The highest BCUT2D eigenvalue weighted by Gasteiger charge is 2.26. The normalized spacial score (nSPS) is 24.6. The first-order valence-electron chi connectivity index (χ1n) is 4.74. The van der Waals surface area contributed by atoms with Gasteiger partial charge < -0.3 is 5.11 Å². The van der Waals surface area contributed by atoms with Crippen molar-refractivity contribution in [3.63, 3.8) is 0 Å². The lowest BCUT2D eigenvalue weighted by atomic mass is 9.99. The molecule has 0 saturated carbocycles. The van der Waals surface area contributed by atoms with Crippen LogP contribution in [0.25, 0.3) is 0 Å². The fourth-order valence-corrected chi connectivity index (χ4v) is 2.68. The number of thioether (sulfide) groups is 1. The molecule has 0 aromatic carbocycles. The van der Waals surface area contributed by atoms with E-state index in [1.165, 1.54) is 24.3 Å². The molecule has 0 aliphatic carbocycles. The number of aliphatic hydroxyl groups is 1. The summed E-state index contributed by atoms with van der Waals surface area (Å²) in [6.07, 6.45) is 4.58. The summed E-state index contributed by atoms with van der Waals surface area (Å²) in [5.74, 6) is 0.849. The van der Waals surface area contributed by atoms with Crippen LogP contribution < -0.4 is 0 Å². The van der Waals surface area contributed by atoms with Crippen molar-refractivity contribution in [1.29, 1.82) is 0 Å². The van der Waals surface area contributed by atoms with Gasteiger partial charge in [0.05, 0.1) is 5.25 Å². The lowest BCUT2D eigenvalue weighted by Gasteiger charge is -2.14. The summed E-state index contributed by atoms with van der Waals surface area (Å²) in [5, 5.41) is 9.41. The Bertz CT molecular complexity index is 223. The number of hydrogen-bond donors (Lipinski definition) is 1. The van der Waals surface area contributed by atoms with Gasteiger partial charge in [-0.05, 0) is 12.3 Å². The highest BCUT2D eigenvalue weighted by Crippen LogP contribution is 2.32. The zero-order valence-corrected chi connectivity index (χ0v) is 8.93. The molecule has 2 atom stereocenters. The van der Waals surface area contributed by atoms with Gasteiger partial charge in [-0.15, -0.1) is 0 Å². The van der Waals surface area contributed by atoms with E-state index in [0.29, 0.717) is 5.92 Å². The van der Waals surface area contributed by atoms with Crippen LogP contribution in [0.15, 0.2) is 11.8 Å². The monoisotopic (exact) mass is 200 g/mol. The molecule has 0 fully saturated rings. The van der Waals surface area contributed by atoms with E-state index < -0.39 is 0 Å². The first-order valence-corrected chi connectivity index (χ1v) is 5.62. The molecule has 0 spiro atoms. The van der Waals surface area contributed by atoms with Gasteiger partial charge in [0.2, 0.25) is 5.12 Å². The molecule has 1 rings (SSSR count). The minimum absolute atomic E-state index is 0.00815. The maximum atomic E-state index is 10.9. The second-order valence-electron chi connectivity index (χ2n) is 3.62. The Balaban J connectivity index is 2.38. The number of hydrogen-bond acceptors (Lipinski definition) is 3. The highest BCUT2D eigenvalue weighted by molar-refractivity contribution is 8.15. The summed E-state index contributed by atoms with van der Waals surface area (Å²) in [6, 6.07) is 0. The molecule has 1 N–H and O–H groups in total. The summed E-state index contributed by atoms with van der Waals surface area (Å²) in [4.78, 5) is 10.9. The predicted octanol–water partition coefficient (Wildman–Crippen LogP) is 2.90. The topological polar surface area (TPSA) is 37.3 Å². The number of rotatable bonds is 4. The molecule has 0 saturated heterocycles. The van der Waals surface area contributed by atoms with E-state index in [0.717, 1.165) is 12.8 Å². The summed E-state index contributed by atoms with van der Waals surface area (Å²) >= 11 is 1.25. The molecular formula is C10H16O2S. The van der Waals surface area contributed by atoms with Crippen molar-refractivity contribution in [3.8, 4) is 0 Å². The third kappa shape index (κ3) is 3.07. The van der Waals surface area contributed by atoms with E-state index in [-0.39, 0.29) is 16.1 Å². The summed E-state index contributed by atoms with van der Waals surface area (Å²) < 4.78 is 0. The van der Waals surface area contributed by atoms with Crippen LogP contribution >= 0.6 is 11.8 Å². The maximum Gasteiger partial charge on any atom is 0.216 e. The van der Waals surface area contributed by atoms with E-state index in [9.17, 15) is 9.90 Å². The molecule has 0 bridgehead atoms. The molecule has 0 aromatic heterocycles. The standard InChI is InChI=1S/C10H16O2S/c1-3-4-7(2)5-9-8(11)6-10(12)13-9/h6-7,9,11H,3-5H2,1-2H3. The largest absolute Gasteiger partial charge is 0.511 e. The second-order valence-corrected chi connectivity index (χ2v) is 4.83. The summed E-state index contributed by atoms with van der Waals surface area (Å²) in [5.41, 5.74) is 0. The molecule has 74 valence electrons. The minimum atomic E-state index is -0.00815. The van der Waals surface area contributed by atoms with Crippen LogP contribution in [0.2, 0.25) is 0 Å². The molecule has 1 aliphatic rings. The van der Waals surface area contributed by atoms with Gasteiger partial charge in [0, 0.05) is 6.08 Å². The lowest BCUT2D eigenvalue weighted by molar-refractivity contribution is -0.106. The highest BCUT2D eigenvalue weighted by atomic mass is 32.2. The molecule has 1 heterocycles. The van der Waals surface area contributed by atoms with E-state index in [1.807, 2.05) is 0 Å². The lowest BCUT2D eigenvalue weighted by Crippen LogP contribution is -2.08. The maximum absolute atomic E-state index is 10.9. The number of aliphatic hydroxyl groups excluding tert-OH is 1. The molecule has 0 amide bonds. The third-order valence-corrected chi connectivity index (χ3v) is 3.32. The summed E-state index contributed by atoms with van der Waals surface area (Å²) in [6.45, 7) is 4.32. The van der Waals surface area contributed by atoms with Crippen LogP contribution in [0.5, 0.6) is 0 Å². The zero-order valence-electron chi connectivity index (χ0n) is 8.12. The first kappa shape index (κ1) is 10.6. The van der Waals surface area contributed by atoms with Crippen LogP contribution in [0, 0.1) is 5.92 Å².